The SMILES string of the molecule is CNCCC(=O)CNC(C)C. The zero-order valence-corrected chi connectivity index (χ0v) is 7.61. The minimum atomic E-state index is 0.271. The van der Waals surface area contributed by atoms with Crippen molar-refractivity contribution in [3.05, 3.63) is 0 Å². The number of hydrogen-bond acceptors (Lipinski definition) is 3. The molecule has 3 nitrogen and oxygen atoms in total. The van der Waals surface area contributed by atoms with E-state index in [9.17, 15) is 4.79 Å². The molecule has 0 fully saturated rings. The molecule has 0 heterocycles. The molecule has 0 aromatic heterocycles. The summed E-state index contributed by atoms with van der Waals surface area (Å²) in [4.78, 5) is 11.0. The number of Topliss-reactive ketones (excluding diaryl/α,β-unsaturated/α-hetero) is 1. The maximum Gasteiger partial charge on any atom is 0.147 e. The topological polar surface area (TPSA) is 41.1 Å². The summed E-state index contributed by atoms with van der Waals surface area (Å²) >= 11 is 0. The van der Waals surface area contributed by atoms with Crippen molar-refractivity contribution in [1.82, 2.24) is 10.6 Å². The van der Waals surface area contributed by atoms with Crippen molar-refractivity contribution in [2.45, 2.75) is 26.3 Å². The molecule has 0 saturated heterocycles. The number of carbonyl (C=O) groups is 1. The molecule has 0 atom stereocenters. The molecule has 0 bridgehead atoms. The molecule has 0 rings (SSSR count). The van der Waals surface area contributed by atoms with Gasteiger partial charge in [0.15, 0.2) is 0 Å². The Morgan fingerprint density at radius 2 is 2.09 bits per heavy atom. The van der Waals surface area contributed by atoms with Crippen LogP contribution in [0.1, 0.15) is 20.3 Å². The Bertz CT molecular complexity index is 113. The van der Waals surface area contributed by atoms with Gasteiger partial charge >= 0.3 is 0 Å². The molecule has 0 spiro atoms. The zero-order valence-electron chi connectivity index (χ0n) is 7.61. The van der Waals surface area contributed by atoms with Crippen molar-refractivity contribution in [3.8, 4) is 0 Å². The van der Waals surface area contributed by atoms with Gasteiger partial charge in [-0.05, 0) is 7.05 Å². The van der Waals surface area contributed by atoms with Gasteiger partial charge < -0.3 is 10.6 Å². The lowest BCUT2D eigenvalue weighted by molar-refractivity contribution is -0.118. The van der Waals surface area contributed by atoms with Gasteiger partial charge in [-0.1, -0.05) is 13.8 Å². The van der Waals surface area contributed by atoms with Crippen LogP contribution in [0.4, 0.5) is 0 Å². The highest BCUT2D eigenvalue weighted by Crippen LogP contribution is 1.81. The largest absolute Gasteiger partial charge is 0.319 e. The van der Waals surface area contributed by atoms with Crippen molar-refractivity contribution in [3.63, 3.8) is 0 Å². The Kier molecular flexibility index (Phi) is 6.07. The van der Waals surface area contributed by atoms with Gasteiger partial charge in [-0.25, -0.2) is 0 Å². The van der Waals surface area contributed by atoms with Gasteiger partial charge in [0.2, 0.25) is 0 Å². The summed E-state index contributed by atoms with van der Waals surface area (Å²) in [6.45, 7) is 5.34. The minimum absolute atomic E-state index is 0.271. The first-order valence-electron chi connectivity index (χ1n) is 4.06. The third kappa shape index (κ3) is 7.49. The van der Waals surface area contributed by atoms with Gasteiger partial charge in [-0.2, -0.15) is 0 Å². The van der Waals surface area contributed by atoms with Crippen molar-refractivity contribution in [2.75, 3.05) is 20.1 Å². The predicted molar refractivity (Wildman–Crippen MR) is 46.7 cm³/mol. The van der Waals surface area contributed by atoms with Crippen LogP contribution in [0.2, 0.25) is 0 Å². The highest BCUT2D eigenvalue weighted by atomic mass is 16.1. The van der Waals surface area contributed by atoms with E-state index in [1.54, 1.807) is 0 Å². The van der Waals surface area contributed by atoms with Crippen LogP contribution in [0.25, 0.3) is 0 Å². The summed E-state index contributed by atoms with van der Waals surface area (Å²) in [5.41, 5.74) is 0. The van der Waals surface area contributed by atoms with Gasteiger partial charge in [0, 0.05) is 19.0 Å². The molecule has 0 aliphatic carbocycles. The number of nitrogens with one attached hydrogen (secondary N) is 2. The maximum absolute atomic E-state index is 11.0. The second-order valence-electron chi connectivity index (χ2n) is 2.93. The molecule has 0 unspecified atom stereocenters. The van der Waals surface area contributed by atoms with E-state index in [1.807, 2.05) is 20.9 Å². The molecule has 0 aliphatic rings. The maximum atomic E-state index is 11.0. The molecule has 2 N–H and O–H groups in total. The number of carbonyl (C=O) groups excluding carboxylic acids is 1. The molecule has 0 radical (unpaired) electrons. The number of ketones is 1. The van der Waals surface area contributed by atoms with Gasteiger partial charge in [0.25, 0.3) is 0 Å². The summed E-state index contributed by atoms with van der Waals surface area (Å²) in [6, 6.07) is 0.397. The van der Waals surface area contributed by atoms with Gasteiger partial charge in [0.05, 0.1) is 6.54 Å². The standard InChI is InChI=1S/C8H18N2O/c1-7(2)10-6-8(11)4-5-9-3/h7,9-10H,4-6H2,1-3H3. The lowest BCUT2D eigenvalue weighted by Gasteiger charge is -2.06. The van der Waals surface area contributed by atoms with Crippen LogP contribution in [0.5, 0.6) is 0 Å². The first kappa shape index (κ1) is 10.6. The molecular weight excluding hydrogens is 140 g/mol. The third-order valence-corrected chi connectivity index (χ3v) is 1.36. The van der Waals surface area contributed by atoms with Gasteiger partial charge in [0.1, 0.15) is 5.78 Å². The fourth-order valence-electron chi connectivity index (χ4n) is 0.671. The minimum Gasteiger partial charge on any atom is -0.319 e. The Balaban J connectivity index is 3.23. The van der Waals surface area contributed by atoms with Crippen molar-refractivity contribution in [1.29, 1.82) is 0 Å². The summed E-state index contributed by atoms with van der Waals surface area (Å²) in [5.74, 6) is 0.271. The van der Waals surface area contributed by atoms with Crippen LogP contribution >= 0.6 is 0 Å². The Morgan fingerprint density at radius 1 is 1.45 bits per heavy atom. The molecule has 66 valence electrons. The van der Waals surface area contributed by atoms with E-state index >= 15 is 0 Å². The zero-order chi connectivity index (χ0) is 8.69. The quantitative estimate of drug-likeness (QED) is 0.578. The molecule has 0 amide bonds. The fraction of sp³-hybridized carbons (Fsp3) is 0.875. The molecule has 0 aromatic rings. The fourth-order valence-corrected chi connectivity index (χ4v) is 0.671. The van der Waals surface area contributed by atoms with Crippen molar-refractivity contribution in [2.24, 2.45) is 0 Å². The summed E-state index contributed by atoms with van der Waals surface area (Å²) < 4.78 is 0. The first-order valence-corrected chi connectivity index (χ1v) is 4.06. The van der Waals surface area contributed by atoms with E-state index in [-0.39, 0.29) is 5.78 Å². The second-order valence-corrected chi connectivity index (χ2v) is 2.93. The van der Waals surface area contributed by atoms with Crippen LogP contribution < -0.4 is 10.6 Å². The Morgan fingerprint density at radius 3 is 2.55 bits per heavy atom. The van der Waals surface area contributed by atoms with Crippen LogP contribution in [-0.4, -0.2) is 32.0 Å². The molecule has 0 saturated carbocycles. The van der Waals surface area contributed by atoms with Crippen LogP contribution in [-0.2, 0) is 4.79 Å². The lowest BCUT2D eigenvalue weighted by Crippen LogP contribution is -2.30. The predicted octanol–water partition coefficient (Wildman–Crippen LogP) is 0.163. The monoisotopic (exact) mass is 158 g/mol. The van der Waals surface area contributed by atoms with Crippen molar-refractivity contribution < 1.29 is 4.79 Å². The molecular formula is C8H18N2O. The van der Waals surface area contributed by atoms with E-state index in [0.717, 1.165) is 6.54 Å². The highest BCUT2D eigenvalue weighted by Gasteiger charge is 2.00. The van der Waals surface area contributed by atoms with E-state index in [2.05, 4.69) is 10.6 Å². The van der Waals surface area contributed by atoms with Crippen LogP contribution in [0, 0.1) is 0 Å². The molecule has 0 aliphatic heterocycles. The summed E-state index contributed by atoms with van der Waals surface area (Å²) in [5, 5.41) is 6.01. The molecule has 3 heteroatoms. The number of hydrogen-bond donors (Lipinski definition) is 2. The average Bonchev–Trinajstić information content (AvgIpc) is 1.97. The van der Waals surface area contributed by atoms with Gasteiger partial charge in [-0.3, -0.25) is 4.79 Å². The highest BCUT2D eigenvalue weighted by molar-refractivity contribution is 5.80. The molecule has 0 aromatic carbocycles. The van der Waals surface area contributed by atoms with Gasteiger partial charge in [-0.15, -0.1) is 0 Å². The second kappa shape index (κ2) is 6.31. The van der Waals surface area contributed by atoms with E-state index < -0.39 is 0 Å². The Hall–Kier alpha value is -0.410. The van der Waals surface area contributed by atoms with E-state index in [4.69, 9.17) is 0 Å². The summed E-state index contributed by atoms with van der Waals surface area (Å²) in [6.07, 6.45) is 0.621. The third-order valence-electron chi connectivity index (χ3n) is 1.36. The Labute approximate surface area is 68.6 Å². The molecule has 11 heavy (non-hydrogen) atoms. The van der Waals surface area contributed by atoms with Crippen molar-refractivity contribution >= 4 is 5.78 Å². The average molecular weight is 158 g/mol. The summed E-state index contributed by atoms with van der Waals surface area (Å²) in [7, 11) is 1.85. The smallest absolute Gasteiger partial charge is 0.147 e. The first-order chi connectivity index (χ1) is 5.16. The lowest BCUT2D eigenvalue weighted by atomic mass is 10.2. The van der Waals surface area contributed by atoms with E-state index in [1.165, 1.54) is 0 Å². The normalized spacial score (nSPS) is 10.5. The number of rotatable bonds is 6. The van der Waals surface area contributed by atoms with E-state index in [0.29, 0.717) is 19.0 Å². The van der Waals surface area contributed by atoms with Crippen LogP contribution in [0.3, 0.4) is 0 Å². The van der Waals surface area contributed by atoms with Crippen LogP contribution in [0.15, 0.2) is 0 Å².